The van der Waals surface area contributed by atoms with Crippen LogP contribution in [0.2, 0.25) is 5.02 Å². The smallest absolute Gasteiger partial charge is 0.337 e. The zero-order chi connectivity index (χ0) is 32.2. The number of carbonyl (C=O) groups excluding carboxylic acids is 1. The minimum absolute atomic E-state index is 0.0367. The largest absolute Gasteiger partial charge is 0.465 e. The van der Waals surface area contributed by atoms with E-state index in [-0.39, 0.29) is 28.7 Å². The summed E-state index contributed by atoms with van der Waals surface area (Å²) in [5.41, 5.74) is 2.18. The van der Waals surface area contributed by atoms with Gasteiger partial charge in [-0.3, -0.25) is 9.88 Å². The van der Waals surface area contributed by atoms with Crippen molar-refractivity contribution < 1.29 is 32.5 Å². The van der Waals surface area contributed by atoms with Gasteiger partial charge in [0.2, 0.25) is 0 Å². The van der Waals surface area contributed by atoms with E-state index in [1.807, 2.05) is 23.6 Å². The Morgan fingerprint density at radius 1 is 1.15 bits per heavy atom. The fourth-order valence-corrected chi connectivity index (χ4v) is 6.73. The molecule has 12 heteroatoms. The van der Waals surface area contributed by atoms with E-state index >= 15 is 0 Å². The molecule has 0 unspecified atom stereocenters. The van der Waals surface area contributed by atoms with Gasteiger partial charge < -0.3 is 23.5 Å². The molecule has 2 aromatic heterocycles. The summed E-state index contributed by atoms with van der Waals surface area (Å²) in [6.45, 7) is 5.84. The van der Waals surface area contributed by atoms with E-state index in [2.05, 4.69) is 16.0 Å². The summed E-state index contributed by atoms with van der Waals surface area (Å²) in [6.07, 6.45) is 4.15. The fourth-order valence-electron chi connectivity index (χ4n) is 6.62. The molecule has 0 spiro atoms. The number of hydrogen-bond donors (Lipinski definition) is 0. The third kappa shape index (κ3) is 5.69. The number of ether oxygens (including phenoxy) is 4. The number of carbonyl (C=O) groups is 1. The van der Waals surface area contributed by atoms with Crippen LogP contribution in [0.4, 0.5) is 8.78 Å². The number of benzene rings is 2. The number of aromatic nitrogens is 3. The molecule has 2 fully saturated rings. The number of likely N-dealkylation sites (tertiary alicyclic amines) is 1. The van der Waals surface area contributed by atoms with Gasteiger partial charge in [-0.1, -0.05) is 23.7 Å². The number of para-hydroxylation sites is 1. The number of methoxy groups -OCH3 is 1. The van der Waals surface area contributed by atoms with Crippen LogP contribution in [-0.2, 0) is 34.3 Å². The summed E-state index contributed by atoms with van der Waals surface area (Å²) in [7, 11) is 1.24. The first-order valence-corrected chi connectivity index (χ1v) is 15.9. The van der Waals surface area contributed by atoms with Gasteiger partial charge in [0.05, 0.1) is 47.9 Å². The average Bonchev–Trinajstić information content (AvgIpc) is 3.55. The standard InChI is InChI=1S/C34H35ClF2N4O5/c1-33(36,37)25-15-21(32(42)43-3)16-26-30(25)39-29(41(26)18-23-11-14-44-23)19-40-12-9-20(10-13-40)24-5-4-6-27-31(24)46-34(2,45-27)28-8-7-22(35)17-38-28/h4-8,15-17,20,23H,9-14,18-19H2,1-3H3/t23-,34-/m0/s1. The fraction of sp³-hybridized carbons (Fsp3) is 0.441. The minimum Gasteiger partial charge on any atom is -0.465 e. The predicted octanol–water partition coefficient (Wildman–Crippen LogP) is 6.80. The average molecular weight is 653 g/mol. The Kier molecular flexibility index (Phi) is 7.89. The van der Waals surface area contributed by atoms with Crippen LogP contribution < -0.4 is 9.47 Å². The molecule has 9 nitrogen and oxygen atoms in total. The number of nitrogens with zero attached hydrogens (tertiary/aromatic N) is 4. The number of fused-ring (bicyclic) bond motifs is 2. The van der Waals surface area contributed by atoms with Gasteiger partial charge in [0.25, 0.3) is 11.7 Å². The van der Waals surface area contributed by atoms with Crippen molar-refractivity contribution in [3.8, 4) is 11.5 Å². The Labute approximate surface area is 270 Å². The number of hydrogen-bond acceptors (Lipinski definition) is 8. The molecule has 0 saturated carbocycles. The van der Waals surface area contributed by atoms with Crippen LogP contribution in [0.1, 0.15) is 72.0 Å². The summed E-state index contributed by atoms with van der Waals surface area (Å²) >= 11 is 6.05. The maximum absolute atomic E-state index is 14.9. The van der Waals surface area contributed by atoms with Gasteiger partial charge in [-0.05, 0) is 68.6 Å². The second kappa shape index (κ2) is 11.8. The quantitative estimate of drug-likeness (QED) is 0.192. The molecule has 0 radical (unpaired) electrons. The topological polar surface area (TPSA) is 87.9 Å². The number of halogens is 3. The second-order valence-electron chi connectivity index (χ2n) is 12.4. The maximum Gasteiger partial charge on any atom is 0.337 e. The van der Waals surface area contributed by atoms with Crippen LogP contribution in [0.25, 0.3) is 11.0 Å². The first kappa shape index (κ1) is 30.8. The number of piperidine rings is 1. The van der Waals surface area contributed by atoms with Crippen LogP contribution in [0, 0.1) is 0 Å². The lowest BCUT2D eigenvalue weighted by Crippen LogP contribution is -2.35. The molecule has 0 aliphatic carbocycles. The molecule has 4 aromatic rings. The summed E-state index contributed by atoms with van der Waals surface area (Å²) in [5.74, 6) is -2.61. The normalized spacial score (nSPS) is 21.8. The molecule has 2 aromatic carbocycles. The molecule has 2 atom stereocenters. The van der Waals surface area contributed by atoms with Gasteiger partial charge >= 0.3 is 5.97 Å². The molecule has 0 bridgehead atoms. The summed E-state index contributed by atoms with van der Waals surface area (Å²) in [4.78, 5) is 23.9. The highest BCUT2D eigenvalue weighted by molar-refractivity contribution is 6.30. The molecule has 3 aliphatic rings. The Hall–Kier alpha value is -3.80. The Morgan fingerprint density at radius 3 is 2.59 bits per heavy atom. The van der Waals surface area contributed by atoms with Gasteiger partial charge in [-0.15, -0.1) is 0 Å². The van der Waals surface area contributed by atoms with E-state index in [4.69, 9.17) is 35.5 Å². The van der Waals surface area contributed by atoms with Crippen molar-refractivity contribution in [2.45, 2.75) is 69.9 Å². The molecular formula is C34H35ClF2N4O5. The Bertz CT molecular complexity index is 1780. The molecule has 2 saturated heterocycles. The SMILES string of the molecule is COC(=O)c1cc(C(C)(F)F)c2nc(CN3CCC(c4cccc5c4O[C@@](C)(c4ccc(Cl)cn4)O5)CC3)n(C[C@@H]3CCO3)c2c1. The highest BCUT2D eigenvalue weighted by Gasteiger charge is 2.42. The molecular weight excluding hydrogens is 618 g/mol. The summed E-state index contributed by atoms with van der Waals surface area (Å²) in [6, 6.07) is 12.3. The zero-order valence-electron chi connectivity index (χ0n) is 25.9. The zero-order valence-corrected chi connectivity index (χ0v) is 26.7. The molecule has 0 amide bonds. The molecule has 0 N–H and O–H groups in total. The van der Waals surface area contributed by atoms with E-state index in [9.17, 15) is 13.6 Å². The van der Waals surface area contributed by atoms with Crippen molar-refractivity contribution in [3.05, 3.63) is 81.9 Å². The van der Waals surface area contributed by atoms with Crippen molar-refractivity contribution in [2.75, 3.05) is 26.8 Å². The van der Waals surface area contributed by atoms with Gasteiger partial charge in [0, 0.05) is 37.8 Å². The van der Waals surface area contributed by atoms with Crippen molar-refractivity contribution in [1.82, 2.24) is 19.4 Å². The molecule has 242 valence electrons. The summed E-state index contributed by atoms with van der Waals surface area (Å²) in [5, 5.41) is 0.539. The lowest BCUT2D eigenvalue weighted by Gasteiger charge is -2.33. The van der Waals surface area contributed by atoms with Crippen molar-refractivity contribution >= 4 is 28.6 Å². The van der Waals surface area contributed by atoms with Crippen LogP contribution in [0.5, 0.6) is 11.5 Å². The van der Waals surface area contributed by atoms with Gasteiger partial charge in [0.15, 0.2) is 11.5 Å². The molecule has 46 heavy (non-hydrogen) atoms. The summed E-state index contributed by atoms with van der Waals surface area (Å²) < 4.78 is 55.0. The van der Waals surface area contributed by atoms with Gasteiger partial charge in [-0.2, -0.15) is 0 Å². The van der Waals surface area contributed by atoms with Crippen molar-refractivity contribution in [3.63, 3.8) is 0 Å². The minimum atomic E-state index is -3.20. The van der Waals surface area contributed by atoms with Gasteiger partial charge in [0.1, 0.15) is 11.5 Å². The molecule has 3 aliphatic heterocycles. The second-order valence-corrected chi connectivity index (χ2v) is 12.9. The van der Waals surface area contributed by atoms with Crippen LogP contribution >= 0.6 is 11.6 Å². The Balaban J connectivity index is 1.12. The first-order valence-electron chi connectivity index (χ1n) is 15.5. The van der Waals surface area contributed by atoms with Crippen LogP contribution in [0.15, 0.2) is 48.7 Å². The van der Waals surface area contributed by atoms with E-state index < -0.39 is 17.7 Å². The van der Waals surface area contributed by atoms with E-state index in [1.54, 1.807) is 24.4 Å². The number of alkyl halides is 2. The lowest BCUT2D eigenvalue weighted by atomic mass is 9.88. The highest BCUT2D eigenvalue weighted by Crippen LogP contribution is 2.49. The number of esters is 1. The van der Waals surface area contributed by atoms with E-state index in [1.165, 1.54) is 13.2 Å². The highest BCUT2D eigenvalue weighted by atomic mass is 35.5. The van der Waals surface area contributed by atoms with E-state index in [0.717, 1.165) is 50.6 Å². The van der Waals surface area contributed by atoms with Crippen molar-refractivity contribution in [1.29, 1.82) is 0 Å². The van der Waals surface area contributed by atoms with E-state index in [0.29, 0.717) is 47.5 Å². The molecule has 5 heterocycles. The van der Waals surface area contributed by atoms with Crippen LogP contribution in [0.3, 0.4) is 0 Å². The van der Waals surface area contributed by atoms with Crippen LogP contribution in [-0.4, -0.2) is 58.3 Å². The number of rotatable bonds is 8. The van der Waals surface area contributed by atoms with Crippen molar-refractivity contribution in [2.24, 2.45) is 0 Å². The predicted molar refractivity (Wildman–Crippen MR) is 167 cm³/mol. The first-order chi connectivity index (χ1) is 22.0. The number of imidazole rings is 1. The molecule has 7 rings (SSSR count). The maximum atomic E-state index is 14.9. The lowest BCUT2D eigenvalue weighted by molar-refractivity contribution is -0.0722. The third-order valence-electron chi connectivity index (χ3n) is 9.20. The monoisotopic (exact) mass is 652 g/mol. The Morgan fingerprint density at radius 2 is 1.93 bits per heavy atom. The number of pyridine rings is 1. The third-order valence-corrected chi connectivity index (χ3v) is 9.43. The van der Waals surface area contributed by atoms with Gasteiger partial charge in [-0.25, -0.2) is 18.6 Å².